The molecule has 0 saturated heterocycles. The highest BCUT2D eigenvalue weighted by molar-refractivity contribution is 5.95. The second-order valence-corrected chi connectivity index (χ2v) is 5.01. The fourth-order valence-corrected chi connectivity index (χ4v) is 2.29. The number of anilines is 1. The van der Waals surface area contributed by atoms with Crippen LogP contribution in [0.15, 0.2) is 42.5 Å². The van der Waals surface area contributed by atoms with Crippen molar-refractivity contribution in [3.63, 3.8) is 0 Å². The van der Waals surface area contributed by atoms with Gasteiger partial charge in [0.1, 0.15) is 5.75 Å². The molecule has 2 aromatic rings. The molecular formula is C17H12F3NO2. The SMILES string of the molecule is O=C1COc2ccc(/C=C/c3ccccc3C(F)(F)F)cc2N1. The van der Waals surface area contributed by atoms with Crippen molar-refractivity contribution in [2.45, 2.75) is 6.18 Å². The van der Waals surface area contributed by atoms with Gasteiger partial charge in [-0.2, -0.15) is 13.2 Å². The summed E-state index contributed by atoms with van der Waals surface area (Å²) in [5.41, 5.74) is 0.558. The Bertz CT molecular complexity index is 782. The average molecular weight is 319 g/mol. The van der Waals surface area contributed by atoms with Gasteiger partial charge in [0.05, 0.1) is 11.3 Å². The van der Waals surface area contributed by atoms with Gasteiger partial charge in [-0.05, 0) is 29.3 Å². The van der Waals surface area contributed by atoms with E-state index in [2.05, 4.69) is 5.32 Å². The van der Waals surface area contributed by atoms with Crippen molar-refractivity contribution >= 4 is 23.7 Å². The third kappa shape index (κ3) is 3.36. The Balaban J connectivity index is 1.90. The first kappa shape index (κ1) is 15.1. The maximum Gasteiger partial charge on any atom is 0.416 e. The number of alkyl halides is 3. The molecule has 0 aromatic heterocycles. The van der Waals surface area contributed by atoms with E-state index >= 15 is 0 Å². The lowest BCUT2D eigenvalue weighted by Gasteiger charge is -2.17. The van der Waals surface area contributed by atoms with E-state index in [9.17, 15) is 18.0 Å². The van der Waals surface area contributed by atoms with E-state index in [0.29, 0.717) is 17.0 Å². The highest BCUT2D eigenvalue weighted by atomic mass is 19.4. The highest BCUT2D eigenvalue weighted by Gasteiger charge is 2.32. The van der Waals surface area contributed by atoms with Crippen LogP contribution in [0.25, 0.3) is 12.2 Å². The zero-order valence-corrected chi connectivity index (χ0v) is 11.9. The van der Waals surface area contributed by atoms with E-state index < -0.39 is 11.7 Å². The van der Waals surface area contributed by atoms with Crippen LogP contribution in [0.4, 0.5) is 18.9 Å². The van der Waals surface area contributed by atoms with Gasteiger partial charge in [-0.25, -0.2) is 0 Å². The van der Waals surface area contributed by atoms with Gasteiger partial charge < -0.3 is 10.1 Å². The minimum atomic E-state index is -4.40. The number of carbonyl (C=O) groups excluding carboxylic acids is 1. The summed E-state index contributed by atoms with van der Waals surface area (Å²) in [6, 6.07) is 10.4. The van der Waals surface area contributed by atoms with E-state index in [-0.39, 0.29) is 18.1 Å². The molecule has 0 fully saturated rings. The molecule has 1 aliphatic heterocycles. The standard InChI is InChI=1S/C17H12F3NO2/c18-17(19,20)13-4-2-1-3-12(13)7-5-11-6-8-15-14(9-11)21-16(22)10-23-15/h1-9H,10H2,(H,21,22)/b7-5+. The molecule has 3 rings (SSSR count). The van der Waals surface area contributed by atoms with E-state index in [4.69, 9.17) is 4.74 Å². The van der Waals surface area contributed by atoms with Gasteiger partial charge in [0.2, 0.25) is 0 Å². The van der Waals surface area contributed by atoms with Crippen LogP contribution in [0.2, 0.25) is 0 Å². The lowest BCUT2D eigenvalue weighted by atomic mass is 10.0. The summed E-state index contributed by atoms with van der Waals surface area (Å²) in [7, 11) is 0. The lowest BCUT2D eigenvalue weighted by Crippen LogP contribution is -2.25. The van der Waals surface area contributed by atoms with E-state index in [0.717, 1.165) is 6.07 Å². The predicted octanol–water partition coefficient (Wildman–Crippen LogP) is 4.21. The number of amides is 1. The summed E-state index contributed by atoms with van der Waals surface area (Å²) in [6.07, 6.45) is -1.44. The molecule has 0 saturated carbocycles. The largest absolute Gasteiger partial charge is 0.482 e. The lowest BCUT2D eigenvalue weighted by molar-refractivity contribution is -0.137. The molecule has 0 spiro atoms. The smallest absolute Gasteiger partial charge is 0.416 e. The number of nitrogens with one attached hydrogen (secondary N) is 1. The summed E-state index contributed by atoms with van der Waals surface area (Å²) in [5.74, 6) is 0.276. The van der Waals surface area contributed by atoms with Crippen LogP contribution in [0.1, 0.15) is 16.7 Å². The van der Waals surface area contributed by atoms with Crippen LogP contribution in [0, 0.1) is 0 Å². The summed E-state index contributed by atoms with van der Waals surface area (Å²) >= 11 is 0. The summed E-state index contributed by atoms with van der Waals surface area (Å²) in [5, 5.41) is 2.66. The Morgan fingerprint density at radius 1 is 1.09 bits per heavy atom. The van der Waals surface area contributed by atoms with Gasteiger partial charge in [0, 0.05) is 0 Å². The molecule has 0 unspecified atom stereocenters. The number of hydrogen-bond donors (Lipinski definition) is 1. The van der Waals surface area contributed by atoms with Crippen molar-refractivity contribution in [2.24, 2.45) is 0 Å². The molecule has 0 radical (unpaired) electrons. The number of halogens is 3. The minimum absolute atomic E-state index is 0.0405. The molecule has 1 aliphatic rings. The molecule has 23 heavy (non-hydrogen) atoms. The molecule has 0 atom stereocenters. The van der Waals surface area contributed by atoms with Crippen LogP contribution in [0.5, 0.6) is 5.75 Å². The van der Waals surface area contributed by atoms with Gasteiger partial charge in [-0.15, -0.1) is 0 Å². The van der Waals surface area contributed by atoms with Gasteiger partial charge in [0.25, 0.3) is 5.91 Å². The number of benzene rings is 2. The van der Waals surface area contributed by atoms with Crippen LogP contribution in [0.3, 0.4) is 0 Å². The summed E-state index contributed by atoms with van der Waals surface area (Å²) < 4.78 is 44.1. The highest BCUT2D eigenvalue weighted by Crippen LogP contribution is 2.33. The summed E-state index contributed by atoms with van der Waals surface area (Å²) in [6.45, 7) is -0.0405. The van der Waals surface area contributed by atoms with Crippen LogP contribution >= 0.6 is 0 Å². The second kappa shape index (κ2) is 5.79. The Morgan fingerprint density at radius 3 is 2.65 bits per heavy atom. The molecule has 118 valence electrons. The molecule has 2 aromatic carbocycles. The maximum atomic E-state index is 12.9. The van der Waals surface area contributed by atoms with E-state index in [1.54, 1.807) is 30.3 Å². The van der Waals surface area contributed by atoms with Crippen molar-refractivity contribution < 1.29 is 22.7 Å². The van der Waals surface area contributed by atoms with Crippen molar-refractivity contribution in [1.29, 1.82) is 0 Å². The van der Waals surface area contributed by atoms with Crippen LogP contribution < -0.4 is 10.1 Å². The molecular weight excluding hydrogens is 307 g/mol. The Hall–Kier alpha value is -2.76. The van der Waals surface area contributed by atoms with Crippen LogP contribution in [-0.4, -0.2) is 12.5 Å². The predicted molar refractivity (Wildman–Crippen MR) is 80.9 cm³/mol. The first-order chi connectivity index (χ1) is 10.9. The Morgan fingerprint density at radius 2 is 1.87 bits per heavy atom. The van der Waals surface area contributed by atoms with E-state index in [1.807, 2.05) is 0 Å². The molecule has 1 amide bonds. The number of fused-ring (bicyclic) bond motifs is 1. The molecule has 0 aliphatic carbocycles. The fraction of sp³-hybridized carbons (Fsp3) is 0.118. The second-order valence-electron chi connectivity index (χ2n) is 5.01. The number of ether oxygens (including phenoxy) is 1. The van der Waals surface area contributed by atoms with Gasteiger partial charge in [-0.1, -0.05) is 36.4 Å². The van der Waals surface area contributed by atoms with Crippen molar-refractivity contribution in [3.8, 4) is 5.75 Å². The topological polar surface area (TPSA) is 38.3 Å². The molecule has 1 N–H and O–H groups in total. The Labute approximate surface area is 130 Å². The first-order valence-electron chi connectivity index (χ1n) is 6.84. The van der Waals surface area contributed by atoms with Gasteiger partial charge in [0.15, 0.2) is 6.61 Å². The van der Waals surface area contributed by atoms with Crippen molar-refractivity contribution in [1.82, 2.24) is 0 Å². The van der Waals surface area contributed by atoms with E-state index in [1.165, 1.54) is 18.2 Å². The third-order valence-electron chi connectivity index (χ3n) is 3.36. The Kier molecular flexibility index (Phi) is 3.82. The normalized spacial score (nSPS) is 14.3. The summed E-state index contributed by atoms with van der Waals surface area (Å²) in [4.78, 5) is 11.3. The zero-order chi connectivity index (χ0) is 16.4. The van der Waals surface area contributed by atoms with Crippen molar-refractivity contribution in [3.05, 3.63) is 59.2 Å². The zero-order valence-electron chi connectivity index (χ0n) is 11.9. The molecule has 6 heteroatoms. The quantitative estimate of drug-likeness (QED) is 0.842. The fourth-order valence-electron chi connectivity index (χ4n) is 2.29. The molecule has 0 bridgehead atoms. The average Bonchev–Trinajstić information content (AvgIpc) is 2.52. The number of hydrogen-bond acceptors (Lipinski definition) is 2. The number of rotatable bonds is 2. The minimum Gasteiger partial charge on any atom is -0.482 e. The monoisotopic (exact) mass is 319 g/mol. The van der Waals surface area contributed by atoms with Gasteiger partial charge >= 0.3 is 6.18 Å². The maximum absolute atomic E-state index is 12.9. The van der Waals surface area contributed by atoms with Crippen LogP contribution in [-0.2, 0) is 11.0 Å². The first-order valence-corrected chi connectivity index (χ1v) is 6.84. The third-order valence-corrected chi connectivity index (χ3v) is 3.36. The van der Waals surface area contributed by atoms with Crippen molar-refractivity contribution in [2.75, 3.05) is 11.9 Å². The number of carbonyl (C=O) groups is 1. The molecule has 1 heterocycles. The van der Waals surface area contributed by atoms with Gasteiger partial charge in [-0.3, -0.25) is 4.79 Å². The molecule has 3 nitrogen and oxygen atoms in total.